The molecule has 0 aliphatic heterocycles. The molecule has 0 saturated heterocycles. The van der Waals surface area contributed by atoms with Gasteiger partial charge < -0.3 is 10.3 Å². The number of aromatic amines is 1. The van der Waals surface area contributed by atoms with Crippen molar-refractivity contribution in [3.63, 3.8) is 0 Å². The number of aromatic nitrogens is 4. The van der Waals surface area contributed by atoms with Crippen LogP contribution in [0.5, 0.6) is 0 Å². The zero-order valence-corrected chi connectivity index (χ0v) is 19.1. The van der Waals surface area contributed by atoms with Gasteiger partial charge in [0.2, 0.25) is 5.13 Å². The van der Waals surface area contributed by atoms with E-state index in [0.717, 1.165) is 44.6 Å². The highest BCUT2D eigenvalue weighted by atomic mass is 32.2. The van der Waals surface area contributed by atoms with Crippen LogP contribution in [0.4, 0.5) is 10.8 Å². The van der Waals surface area contributed by atoms with E-state index in [9.17, 15) is 4.79 Å². The minimum atomic E-state index is -0.0123. The summed E-state index contributed by atoms with van der Waals surface area (Å²) in [6.45, 7) is 4.33. The van der Waals surface area contributed by atoms with Gasteiger partial charge in [0, 0.05) is 10.6 Å². The van der Waals surface area contributed by atoms with Gasteiger partial charge in [-0.1, -0.05) is 42.2 Å². The molecule has 1 atom stereocenters. The van der Waals surface area contributed by atoms with Crippen molar-refractivity contribution < 1.29 is 0 Å². The summed E-state index contributed by atoms with van der Waals surface area (Å²) in [7, 11) is 0. The number of thiophene rings is 1. The van der Waals surface area contributed by atoms with E-state index < -0.39 is 0 Å². The third-order valence-electron chi connectivity index (χ3n) is 5.22. The van der Waals surface area contributed by atoms with Gasteiger partial charge in [-0.2, -0.15) is 0 Å². The lowest BCUT2D eigenvalue weighted by Gasteiger charge is -2.17. The van der Waals surface area contributed by atoms with Crippen LogP contribution in [-0.2, 0) is 18.6 Å². The first-order valence-electron chi connectivity index (χ1n) is 9.88. The molecule has 6 nitrogen and oxygen atoms in total. The molecule has 0 saturated carbocycles. The van der Waals surface area contributed by atoms with Crippen LogP contribution in [-0.4, -0.2) is 20.2 Å². The smallest absolute Gasteiger partial charge is 0.259 e. The summed E-state index contributed by atoms with van der Waals surface area (Å²) in [4.78, 5) is 22.7. The third-order valence-corrected chi connectivity index (χ3v) is 8.35. The van der Waals surface area contributed by atoms with E-state index in [1.807, 2.05) is 12.1 Å². The summed E-state index contributed by atoms with van der Waals surface area (Å²) in [6, 6.07) is 8.14. The number of benzene rings is 1. The van der Waals surface area contributed by atoms with Crippen LogP contribution in [0.15, 0.2) is 33.4 Å². The van der Waals surface area contributed by atoms with Crippen LogP contribution in [0.3, 0.4) is 0 Å². The number of hydrogen-bond donors (Lipinski definition) is 2. The molecule has 3 aromatic heterocycles. The second-order valence-corrected chi connectivity index (χ2v) is 11.0. The van der Waals surface area contributed by atoms with Crippen molar-refractivity contribution in [3.05, 3.63) is 56.4 Å². The van der Waals surface area contributed by atoms with Crippen LogP contribution in [0, 0.1) is 12.8 Å². The van der Waals surface area contributed by atoms with Gasteiger partial charge in [-0.3, -0.25) is 4.79 Å². The molecule has 30 heavy (non-hydrogen) atoms. The highest BCUT2D eigenvalue weighted by Gasteiger charge is 2.23. The van der Waals surface area contributed by atoms with E-state index in [2.05, 4.69) is 46.5 Å². The number of nitrogens with one attached hydrogen (secondary N) is 2. The number of anilines is 2. The van der Waals surface area contributed by atoms with Crippen LogP contribution in [0.2, 0.25) is 0 Å². The quantitative estimate of drug-likeness (QED) is 0.397. The molecule has 1 unspecified atom stereocenters. The van der Waals surface area contributed by atoms with E-state index in [1.165, 1.54) is 39.1 Å². The van der Waals surface area contributed by atoms with Crippen LogP contribution < -0.4 is 10.9 Å². The highest BCUT2D eigenvalue weighted by Crippen LogP contribution is 2.36. The molecule has 0 bridgehead atoms. The fraction of sp³-hybridized carbons (Fsp3) is 0.333. The van der Waals surface area contributed by atoms with Crippen molar-refractivity contribution in [2.75, 3.05) is 5.32 Å². The zero-order valence-electron chi connectivity index (χ0n) is 16.7. The van der Waals surface area contributed by atoms with Crippen molar-refractivity contribution in [2.24, 2.45) is 5.92 Å². The lowest BCUT2D eigenvalue weighted by atomic mass is 9.89. The molecule has 154 valence electrons. The first-order valence-corrected chi connectivity index (χ1v) is 12.5. The van der Waals surface area contributed by atoms with E-state index in [-0.39, 0.29) is 5.56 Å². The molecule has 4 aromatic rings. The first-order chi connectivity index (χ1) is 14.5. The summed E-state index contributed by atoms with van der Waals surface area (Å²) in [6.07, 6.45) is 3.18. The summed E-state index contributed by atoms with van der Waals surface area (Å²) < 4.78 is 0.840. The monoisotopic (exact) mass is 455 g/mol. The normalized spacial score (nSPS) is 16.0. The van der Waals surface area contributed by atoms with Gasteiger partial charge in [0.15, 0.2) is 4.34 Å². The van der Waals surface area contributed by atoms with Gasteiger partial charge in [0.1, 0.15) is 10.7 Å². The third kappa shape index (κ3) is 4.01. The molecule has 1 aliphatic carbocycles. The van der Waals surface area contributed by atoms with E-state index in [0.29, 0.717) is 17.5 Å². The number of rotatable bonds is 5. The summed E-state index contributed by atoms with van der Waals surface area (Å²) in [5, 5.41) is 13.3. The molecule has 2 N–H and O–H groups in total. The highest BCUT2D eigenvalue weighted by molar-refractivity contribution is 8.00. The molecule has 9 heteroatoms. The molecular formula is C21H21N5OS3. The molecule has 3 heterocycles. The number of nitrogens with zero attached hydrogens (tertiary/aromatic N) is 3. The van der Waals surface area contributed by atoms with Crippen LogP contribution >= 0.6 is 34.4 Å². The lowest BCUT2D eigenvalue weighted by molar-refractivity contribution is 0.509. The Hall–Kier alpha value is -2.23. The van der Waals surface area contributed by atoms with Crippen molar-refractivity contribution in [1.82, 2.24) is 20.2 Å². The Kier molecular flexibility index (Phi) is 5.34. The average molecular weight is 456 g/mol. The van der Waals surface area contributed by atoms with E-state index in [1.54, 1.807) is 11.3 Å². The average Bonchev–Trinajstić information content (AvgIpc) is 3.30. The Balaban J connectivity index is 1.31. The van der Waals surface area contributed by atoms with Crippen molar-refractivity contribution >= 4 is 55.5 Å². The molecule has 5 rings (SSSR count). The number of H-pyrrole nitrogens is 1. The predicted octanol–water partition coefficient (Wildman–Crippen LogP) is 5.31. The van der Waals surface area contributed by atoms with Gasteiger partial charge in [0.25, 0.3) is 5.56 Å². The first kappa shape index (κ1) is 19.7. The second kappa shape index (κ2) is 8.13. The standard InChI is InChI=1S/C21H21N5OS3/c1-11-4-3-5-13(8-11)22-20-25-26-21(30-20)28-10-16-23-18(27)17-14-7-6-12(2)9-15(14)29-19(17)24-16/h3-5,8,12H,6-7,9-10H2,1-2H3,(H,22,25)(H,23,24,27). The molecule has 0 radical (unpaired) electrons. The summed E-state index contributed by atoms with van der Waals surface area (Å²) >= 11 is 4.72. The van der Waals surface area contributed by atoms with E-state index >= 15 is 0 Å². The number of hydrogen-bond acceptors (Lipinski definition) is 8. The minimum absolute atomic E-state index is 0.0123. The maximum absolute atomic E-state index is 12.7. The van der Waals surface area contributed by atoms with Gasteiger partial charge >= 0.3 is 0 Å². The molecule has 1 aliphatic rings. The van der Waals surface area contributed by atoms with Gasteiger partial charge in [-0.05, 0) is 55.4 Å². The molecular weight excluding hydrogens is 434 g/mol. The van der Waals surface area contributed by atoms with Crippen molar-refractivity contribution in [3.8, 4) is 0 Å². The molecule has 0 fully saturated rings. The maximum Gasteiger partial charge on any atom is 0.259 e. The van der Waals surface area contributed by atoms with Crippen molar-refractivity contribution in [2.45, 2.75) is 43.2 Å². The largest absolute Gasteiger partial charge is 0.330 e. The predicted molar refractivity (Wildman–Crippen MR) is 125 cm³/mol. The zero-order chi connectivity index (χ0) is 20.7. The Morgan fingerprint density at radius 3 is 3.07 bits per heavy atom. The van der Waals surface area contributed by atoms with Crippen molar-refractivity contribution in [1.29, 1.82) is 0 Å². The summed E-state index contributed by atoms with van der Waals surface area (Å²) in [5.41, 5.74) is 3.39. The fourth-order valence-electron chi connectivity index (χ4n) is 3.76. The van der Waals surface area contributed by atoms with Crippen LogP contribution in [0.1, 0.15) is 35.2 Å². The Bertz CT molecular complexity index is 1280. The lowest BCUT2D eigenvalue weighted by Crippen LogP contribution is -2.14. The maximum atomic E-state index is 12.7. The fourth-order valence-corrected chi connectivity index (χ4v) is 6.80. The van der Waals surface area contributed by atoms with Gasteiger partial charge in [-0.15, -0.1) is 21.5 Å². The summed E-state index contributed by atoms with van der Waals surface area (Å²) in [5.74, 6) is 1.93. The van der Waals surface area contributed by atoms with Gasteiger partial charge in [0.05, 0.1) is 11.1 Å². The number of thioether (sulfide) groups is 1. The minimum Gasteiger partial charge on any atom is -0.330 e. The van der Waals surface area contributed by atoms with E-state index in [4.69, 9.17) is 4.98 Å². The molecule has 0 spiro atoms. The topological polar surface area (TPSA) is 83.6 Å². The Morgan fingerprint density at radius 2 is 2.20 bits per heavy atom. The number of aryl methyl sites for hydroxylation is 2. The van der Waals surface area contributed by atoms with Crippen LogP contribution in [0.25, 0.3) is 10.2 Å². The second-order valence-electron chi connectivity index (χ2n) is 7.70. The Labute approximate surface area is 186 Å². The Morgan fingerprint density at radius 1 is 1.30 bits per heavy atom. The molecule has 1 aromatic carbocycles. The number of fused-ring (bicyclic) bond motifs is 3. The molecule has 0 amide bonds. The van der Waals surface area contributed by atoms with Gasteiger partial charge in [-0.25, -0.2) is 4.98 Å². The SMILES string of the molecule is Cc1cccc(Nc2nnc(SCc3nc4sc5c(c4c(=O)[nH]3)CCC(C)C5)s2)c1.